The second kappa shape index (κ2) is 7.06. The van der Waals surface area contributed by atoms with E-state index in [9.17, 15) is 4.79 Å². The molecule has 0 spiro atoms. The van der Waals surface area contributed by atoms with Gasteiger partial charge in [0.25, 0.3) is 5.91 Å². The summed E-state index contributed by atoms with van der Waals surface area (Å²) in [6, 6.07) is 10.7. The number of carbonyl (C=O) groups excluding carboxylic acids is 1. The number of H-pyrrole nitrogens is 1. The predicted octanol–water partition coefficient (Wildman–Crippen LogP) is 2.69. The maximum atomic E-state index is 12.2. The molecule has 26 heavy (non-hydrogen) atoms. The second-order valence-electron chi connectivity index (χ2n) is 5.53. The van der Waals surface area contributed by atoms with E-state index in [1.807, 2.05) is 12.1 Å². The van der Waals surface area contributed by atoms with Crippen molar-refractivity contribution in [1.29, 1.82) is 0 Å². The number of hydrogen-bond acceptors (Lipinski definition) is 6. The summed E-state index contributed by atoms with van der Waals surface area (Å²) in [6.07, 6.45) is 5.11. The number of amides is 1. The van der Waals surface area contributed by atoms with Gasteiger partial charge < -0.3 is 14.2 Å². The number of nitrogens with one attached hydrogen (secondary N) is 2. The third-order valence-corrected chi connectivity index (χ3v) is 3.78. The van der Waals surface area contributed by atoms with Crippen LogP contribution in [-0.4, -0.2) is 32.6 Å². The van der Waals surface area contributed by atoms with Crippen LogP contribution in [0.15, 0.2) is 64.1 Å². The highest BCUT2D eigenvalue weighted by Crippen LogP contribution is 2.19. The number of hydrogen-bond donors (Lipinski definition) is 2. The normalized spacial score (nSPS) is 10.8. The lowest BCUT2D eigenvalue weighted by molar-refractivity contribution is 0.0954. The molecule has 2 N–H and O–H groups in total. The first-order valence-corrected chi connectivity index (χ1v) is 8.02. The molecule has 0 fully saturated rings. The topological polar surface area (TPSA) is 110 Å². The lowest BCUT2D eigenvalue weighted by Gasteiger charge is -2.04. The predicted molar refractivity (Wildman–Crippen MR) is 92.1 cm³/mol. The fourth-order valence-electron chi connectivity index (χ4n) is 2.46. The monoisotopic (exact) mass is 349 g/mol. The van der Waals surface area contributed by atoms with Crippen molar-refractivity contribution in [2.45, 2.75) is 6.42 Å². The third-order valence-electron chi connectivity index (χ3n) is 3.78. The molecule has 3 aromatic heterocycles. The summed E-state index contributed by atoms with van der Waals surface area (Å²) in [7, 11) is 0. The number of benzene rings is 1. The fourth-order valence-corrected chi connectivity index (χ4v) is 2.46. The summed E-state index contributed by atoms with van der Waals surface area (Å²) in [5.74, 6) is 2.29. The summed E-state index contributed by atoms with van der Waals surface area (Å²) >= 11 is 0. The number of rotatable bonds is 6. The summed E-state index contributed by atoms with van der Waals surface area (Å²) in [6.45, 7) is 0.440. The van der Waals surface area contributed by atoms with Crippen LogP contribution in [0.4, 0.5) is 0 Å². The Balaban J connectivity index is 1.31. The maximum Gasteiger partial charge on any atom is 0.251 e. The molecule has 1 aromatic carbocycles. The molecule has 0 aliphatic carbocycles. The van der Waals surface area contributed by atoms with E-state index in [0.717, 1.165) is 5.56 Å². The van der Waals surface area contributed by atoms with Crippen molar-refractivity contribution in [3.8, 4) is 22.9 Å². The lowest BCUT2D eigenvalue weighted by atomic mass is 10.1. The van der Waals surface area contributed by atoms with Gasteiger partial charge in [-0.3, -0.25) is 9.89 Å². The van der Waals surface area contributed by atoms with Gasteiger partial charge in [-0.05, 0) is 24.3 Å². The van der Waals surface area contributed by atoms with E-state index in [2.05, 4.69) is 25.5 Å². The Morgan fingerprint density at radius 2 is 2.00 bits per heavy atom. The maximum absolute atomic E-state index is 12.2. The van der Waals surface area contributed by atoms with Crippen LogP contribution in [0.25, 0.3) is 22.9 Å². The van der Waals surface area contributed by atoms with Gasteiger partial charge in [0, 0.05) is 24.1 Å². The summed E-state index contributed by atoms with van der Waals surface area (Å²) in [4.78, 5) is 20.4. The quantitative estimate of drug-likeness (QED) is 0.554. The van der Waals surface area contributed by atoms with E-state index < -0.39 is 0 Å². The number of carbonyl (C=O) groups is 1. The van der Waals surface area contributed by atoms with Crippen LogP contribution in [0.1, 0.15) is 16.2 Å². The number of aromatic nitrogens is 4. The molecule has 0 bridgehead atoms. The van der Waals surface area contributed by atoms with Crippen molar-refractivity contribution in [3.05, 3.63) is 66.6 Å². The largest absolute Gasteiger partial charge is 0.461 e. The van der Waals surface area contributed by atoms with Gasteiger partial charge in [-0.2, -0.15) is 5.10 Å². The number of aromatic amines is 1. The Morgan fingerprint density at radius 1 is 1.12 bits per heavy atom. The molecule has 0 aliphatic heterocycles. The van der Waals surface area contributed by atoms with Crippen LogP contribution in [0.5, 0.6) is 0 Å². The molecule has 0 radical (unpaired) electrons. The van der Waals surface area contributed by atoms with Crippen LogP contribution in [0.2, 0.25) is 0 Å². The van der Waals surface area contributed by atoms with Gasteiger partial charge in [-0.1, -0.05) is 12.1 Å². The molecule has 0 saturated carbocycles. The van der Waals surface area contributed by atoms with Crippen molar-refractivity contribution >= 4 is 5.91 Å². The number of nitrogens with zero attached hydrogens (tertiary/aromatic N) is 3. The highest BCUT2D eigenvalue weighted by Gasteiger charge is 2.10. The molecule has 8 nitrogen and oxygen atoms in total. The van der Waals surface area contributed by atoms with Gasteiger partial charge in [0.2, 0.25) is 5.82 Å². The molecule has 0 unspecified atom stereocenters. The van der Waals surface area contributed by atoms with E-state index in [0.29, 0.717) is 41.7 Å². The Bertz CT molecular complexity index is 972. The molecule has 0 saturated heterocycles. The molecule has 0 aliphatic rings. The van der Waals surface area contributed by atoms with Gasteiger partial charge in [0.05, 0.1) is 12.5 Å². The highest BCUT2D eigenvalue weighted by atomic mass is 16.3. The SMILES string of the molecule is O=C(NCCc1nc(-c2ccco2)n[nH]1)c1ccc(-c2cnco2)cc1. The summed E-state index contributed by atoms with van der Waals surface area (Å²) in [5, 5.41) is 9.79. The smallest absolute Gasteiger partial charge is 0.251 e. The minimum absolute atomic E-state index is 0.153. The van der Waals surface area contributed by atoms with Crippen LogP contribution < -0.4 is 5.32 Å². The average molecular weight is 349 g/mol. The molecule has 4 rings (SSSR count). The Kier molecular flexibility index (Phi) is 4.29. The van der Waals surface area contributed by atoms with Gasteiger partial charge in [0.1, 0.15) is 5.82 Å². The molecule has 3 heterocycles. The molecule has 130 valence electrons. The van der Waals surface area contributed by atoms with E-state index >= 15 is 0 Å². The van der Waals surface area contributed by atoms with Crippen LogP contribution >= 0.6 is 0 Å². The standard InChI is InChI=1S/C18H15N5O3/c24-18(13-5-3-12(4-6-13)15-10-19-11-26-15)20-8-7-16-21-17(23-22-16)14-2-1-9-25-14/h1-6,9-11H,7-8H2,(H,20,24)(H,21,22,23). The first-order valence-electron chi connectivity index (χ1n) is 8.02. The number of furan rings is 1. The van der Waals surface area contributed by atoms with Crippen molar-refractivity contribution < 1.29 is 13.6 Å². The van der Waals surface area contributed by atoms with Crippen LogP contribution in [0.3, 0.4) is 0 Å². The lowest BCUT2D eigenvalue weighted by Crippen LogP contribution is -2.25. The zero-order chi connectivity index (χ0) is 17.8. The average Bonchev–Trinajstić information content (AvgIpc) is 3.43. The van der Waals surface area contributed by atoms with Gasteiger partial charge in [-0.25, -0.2) is 9.97 Å². The second-order valence-corrected chi connectivity index (χ2v) is 5.53. The van der Waals surface area contributed by atoms with E-state index in [1.54, 1.807) is 36.7 Å². The van der Waals surface area contributed by atoms with E-state index in [-0.39, 0.29) is 5.91 Å². The van der Waals surface area contributed by atoms with Crippen molar-refractivity contribution in [2.75, 3.05) is 6.54 Å². The molecular weight excluding hydrogens is 334 g/mol. The third kappa shape index (κ3) is 3.39. The van der Waals surface area contributed by atoms with Gasteiger partial charge in [0.15, 0.2) is 17.9 Å². The summed E-state index contributed by atoms with van der Waals surface area (Å²) < 4.78 is 10.5. The highest BCUT2D eigenvalue weighted by molar-refractivity contribution is 5.94. The van der Waals surface area contributed by atoms with Gasteiger partial charge >= 0.3 is 0 Å². The zero-order valence-corrected chi connectivity index (χ0v) is 13.7. The Morgan fingerprint density at radius 3 is 2.73 bits per heavy atom. The Labute approximate surface area is 148 Å². The van der Waals surface area contributed by atoms with Crippen LogP contribution in [-0.2, 0) is 6.42 Å². The molecular formula is C18H15N5O3. The Hall–Kier alpha value is -3.68. The van der Waals surface area contributed by atoms with Crippen molar-refractivity contribution in [3.63, 3.8) is 0 Å². The van der Waals surface area contributed by atoms with Crippen LogP contribution in [0, 0.1) is 0 Å². The van der Waals surface area contributed by atoms with Crippen molar-refractivity contribution in [2.24, 2.45) is 0 Å². The summed E-state index contributed by atoms with van der Waals surface area (Å²) in [5.41, 5.74) is 1.44. The first-order chi connectivity index (χ1) is 12.8. The molecule has 4 aromatic rings. The fraction of sp³-hybridized carbons (Fsp3) is 0.111. The van der Waals surface area contributed by atoms with Crippen molar-refractivity contribution in [1.82, 2.24) is 25.5 Å². The van der Waals surface area contributed by atoms with E-state index in [4.69, 9.17) is 8.83 Å². The molecule has 0 atom stereocenters. The minimum Gasteiger partial charge on any atom is -0.461 e. The minimum atomic E-state index is -0.153. The van der Waals surface area contributed by atoms with E-state index in [1.165, 1.54) is 6.39 Å². The molecule has 8 heteroatoms. The first kappa shape index (κ1) is 15.8. The molecule has 1 amide bonds. The number of oxazole rings is 1. The zero-order valence-electron chi connectivity index (χ0n) is 13.7. The van der Waals surface area contributed by atoms with Gasteiger partial charge in [-0.15, -0.1) is 0 Å².